The van der Waals surface area contributed by atoms with E-state index in [1.54, 1.807) is 32.3 Å². The molecule has 1 aliphatic heterocycles. The van der Waals surface area contributed by atoms with Crippen molar-refractivity contribution in [3.63, 3.8) is 0 Å². The van der Waals surface area contributed by atoms with Gasteiger partial charge in [0.2, 0.25) is 11.6 Å². The van der Waals surface area contributed by atoms with Crippen molar-refractivity contribution >= 4 is 23.9 Å². The van der Waals surface area contributed by atoms with E-state index >= 15 is 0 Å². The second-order valence-electron chi connectivity index (χ2n) is 9.83. The van der Waals surface area contributed by atoms with Gasteiger partial charge in [0.25, 0.3) is 12.4 Å². The van der Waals surface area contributed by atoms with Gasteiger partial charge in [0.15, 0.2) is 11.9 Å². The molecule has 0 aromatic carbocycles. The minimum atomic E-state index is -0.659. The third kappa shape index (κ3) is 8.10. The number of hydrogen-bond donors (Lipinski definition) is 1. The zero-order chi connectivity index (χ0) is 28.4. The smallest absolute Gasteiger partial charge is 0.293 e. The van der Waals surface area contributed by atoms with Crippen molar-refractivity contribution in [2.45, 2.75) is 65.3 Å². The molecule has 9 nitrogen and oxygen atoms in total. The number of allylic oxidation sites excluding steroid dienone is 5. The van der Waals surface area contributed by atoms with Crippen molar-refractivity contribution in [3.8, 4) is 0 Å². The predicted octanol–water partition coefficient (Wildman–Crippen LogP) is 3.52. The number of nitrogens with one attached hydrogen (secondary N) is 1. The molecule has 0 radical (unpaired) electrons. The maximum absolute atomic E-state index is 13.3. The highest BCUT2D eigenvalue weighted by Gasteiger charge is 2.32. The van der Waals surface area contributed by atoms with Gasteiger partial charge in [-0.3, -0.25) is 19.2 Å². The number of hydrogen-bond acceptors (Lipinski definition) is 8. The molecule has 0 aromatic rings. The number of rotatable bonds is 5. The maximum atomic E-state index is 13.3. The standard InChI is InChI=1S/C29H39NO8/c1-17-11-20(4)27(38-16-31)25(36-6)10-8-9-19(3)29(34)30-23-15-24(32)28(37-7)22(26(23)33)14-18(2)13-21(12-17)35-5/h8-11,15-18,21,25,27H,12-14H2,1-7H3,(H,30,34)/b10-8-,19-9+,20-11+/t17-,18-,21+,25-,27-/m0/s1. The van der Waals surface area contributed by atoms with Crippen LogP contribution in [0.15, 0.2) is 58.6 Å². The van der Waals surface area contributed by atoms with Gasteiger partial charge >= 0.3 is 0 Å². The summed E-state index contributed by atoms with van der Waals surface area (Å²) >= 11 is 0. The minimum absolute atomic E-state index is 0.00587. The molecule has 0 saturated heterocycles. The Kier molecular flexibility index (Phi) is 11.9. The second-order valence-corrected chi connectivity index (χ2v) is 9.83. The Labute approximate surface area is 224 Å². The number of methoxy groups -OCH3 is 3. The first kappa shape index (κ1) is 30.9. The Balaban J connectivity index is 2.53. The molecule has 0 unspecified atom stereocenters. The zero-order valence-electron chi connectivity index (χ0n) is 23.2. The van der Waals surface area contributed by atoms with Gasteiger partial charge < -0.3 is 24.3 Å². The lowest BCUT2D eigenvalue weighted by atomic mass is 9.86. The van der Waals surface area contributed by atoms with Crippen LogP contribution in [0.4, 0.5) is 0 Å². The lowest BCUT2D eigenvalue weighted by Gasteiger charge is -2.26. The first-order chi connectivity index (χ1) is 18.1. The van der Waals surface area contributed by atoms with E-state index < -0.39 is 29.7 Å². The highest BCUT2D eigenvalue weighted by Crippen LogP contribution is 2.29. The number of ether oxygens (including phenoxy) is 4. The quantitative estimate of drug-likeness (QED) is 0.327. The first-order valence-corrected chi connectivity index (χ1v) is 12.6. The molecule has 0 saturated carbocycles. The van der Waals surface area contributed by atoms with Gasteiger partial charge in [-0.1, -0.05) is 38.2 Å². The van der Waals surface area contributed by atoms with Crippen LogP contribution in [0.1, 0.15) is 47.0 Å². The van der Waals surface area contributed by atoms with Crippen LogP contribution in [0, 0.1) is 11.8 Å². The van der Waals surface area contributed by atoms with Gasteiger partial charge in [0.05, 0.1) is 18.9 Å². The lowest BCUT2D eigenvalue weighted by Crippen LogP contribution is -2.33. The number of amides is 1. The number of Topliss-reactive ketones (excluding diaryl/α,β-unsaturated/α-hetero) is 1. The fraction of sp³-hybridized carbons (Fsp3) is 0.517. The molecule has 0 aromatic heterocycles. The van der Waals surface area contributed by atoms with Gasteiger partial charge in [-0.05, 0) is 50.5 Å². The Morgan fingerprint density at radius 2 is 1.74 bits per heavy atom. The van der Waals surface area contributed by atoms with Crippen molar-refractivity contribution in [2.75, 3.05) is 21.3 Å². The normalized spacial score (nSPS) is 31.8. The van der Waals surface area contributed by atoms with Crippen molar-refractivity contribution in [2.24, 2.45) is 11.8 Å². The predicted molar refractivity (Wildman–Crippen MR) is 142 cm³/mol. The average molecular weight is 530 g/mol. The van der Waals surface area contributed by atoms with Gasteiger partial charge in [0, 0.05) is 31.4 Å². The van der Waals surface area contributed by atoms with Crippen LogP contribution in [0.2, 0.25) is 0 Å². The van der Waals surface area contributed by atoms with Crippen molar-refractivity contribution < 1.29 is 38.1 Å². The summed E-state index contributed by atoms with van der Waals surface area (Å²) in [7, 11) is 4.50. The van der Waals surface area contributed by atoms with Crippen molar-refractivity contribution in [1.82, 2.24) is 5.32 Å². The molecule has 0 fully saturated rings. The van der Waals surface area contributed by atoms with E-state index in [-0.39, 0.29) is 41.4 Å². The Hall–Kier alpha value is -3.30. The molecule has 208 valence electrons. The van der Waals surface area contributed by atoms with Gasteiger partial charge in [-0.25, -0.2) is 0 Å². The Morgan fingerprint density at radius 3 is 2.34 bits per heavy atom. The molecule has 1 N–H and O–H groups in total. The number of carbonyl (C=O) groups excluding carboxylic acids is 4. The minimum Gasteiger partial charge on any atom is -0.492 e. The van der Waals surface area contributed by atoms with Gasteiger partial charge in [-0.2, -0.15) is 0 Å². The molecule has 9 heteroatoms. The van der Waals surface area contributed by atoms with E-state index in [0.717, 1.165) is 11.6 Å². The average Bonchev–Trinajstić information content (AvgIpc) is 2.87. The summed E-state index contributed by atoms with van der Waals surface area (Å²) in [6.45, 7) is 7.87. The first-order valence-electron chi connectivity index (χ1n) is 12.6. The number of ketones is 2. The fourth-order valence-electron chi connectivity index (χ4n) is 4.79. The van der Waals surface area contributed by atoms with E-state index in [9.17, 15) is 19.2 Å². The summed E-state index contributed by atoms with van der Waals surface area (Å²) in [6.07, 6.45) is 8.18. The highest BCUT2D eigenvalue weighted by molar-refractivity contribution is 6.23. The molecule has 2 rings (SSSR count). The number of fused-ring (bicyclic) bond motifs is 2. The zero-order valence-corrected chi connectivity index (χ0v) is 23.2. The summed E-state index contributed by atoms with van der Waals surface area (Å²) < 4.78 is 22.0. The molecule has 38 heavy (non-hydrogen) atoms. The molecule has 1 aliphatic carbocycles. The summed E-state index contributed by atoms with van der Waals surface area (Å²) in [6, 6.07) is 0. The van der Waals surface area contributed by atoms with Crippen LogP contribution in [0.5, 0.6) is 0 Å². The Morgan fingerprint density at radius 1 is 1.03 bits per heavy atom. The SMILES string of the molecule is COC1=C2C[C@@H](C)C[C@H](OC)C[C@@H](C)/C=C(\C)[C@H](OC=O)[C@@H](OC)/C=C\C=C(/C)C(=O)NC(=CC1=O)C2=O. The van der Waals surface area contributed by atoms with Crippen LogP contribution >= 0.6 is 0 Å². The van der Waals surface area contributed by atoms with E-state index in [1.165, 1.54) is 14.2 Å². The molecule has 1 amide bonds. The largest absolute Gasteiger partial charge is 0.492 e. The van der Waals surface area contributed by atoms with Crippen molar-refractivity contribution in [1.29, 1.82) is 0 Å². The second kappa shape index (κ2) is 14.6. The van der Waals surface area contributed by atoms with Crippen LogP contribution in [0.25, 0.3) is 0 Å². The van der Waals surface area contributed by atoms with E-state index in [1.807, 2.05) is 26.8 Å². The fourth-order valence-corrected chi connectivity index (χ4v) is 4.79. The molecule has 2 bridgehead atoms. The lowest BCUT2D eigenvalue weighted by molar-refractivity contribution is -0.136. The highest BCUT2D eigenvalue weighted by atomic mass is 16.6. The molecule has 2 aliphatic rings. The maximum Gasteiger partial charge on any atom is 0.293 e. The topological polar surface area (TPSA) is 117 Å². The van der Waals surface area contributed by atoms with Crippen LogP contribution < -0.4 is 5.32 Å². The summed E-state index contributed by atoms with van der Waals surface area (Å²) in [5.41, 5.74) is 1.25. The van der Waals surface area contributed by atoms with E-state index in [2.05, 4.69) is 5.32 Å². The molecule has 5 atom stereocenters. The molecular formula is C29H39NO8. The van der Waals surface area contributed by atoms with Gasteiger partial charge in [-0.15, -0.1) is 0 Å². The van der Waals surface area contributed by atoms with E-state index in [0.29, 0.717) is 24.9 Å². The van der Waals surface area contributed by atoms with Crippen LogP contribution in [0.3, 0.4) is 0 Å². The molecule has 1 heterocycles. The summed E-state index contributed by atoms with van der Waals surface area (Å²) in [5, 5.41) is 2.56. The molecular weight excluding hydrogens is 490 g/mol. The van der Waals surface area contributed by atoms with Gasteiger partial charge in [0.1, 0.15) is 6.10 Å². The van der Waals surface area contributed by atoms with E-state index in [4.69, 9.17) is 18.9 Å². The third-order valence-electron chi connectivity index (χ3n) is 6.70. The third-order valence-corrected chi connectivity index (χ3v) is 6.70. The molecule has 0 spiro atoms. The summed E-state index contributed by atoms with van der Waals surface area (Å²) in [4.78, 5) is 50.1. The van der Waals surface area contributed by atoms with Crippen LogP contribution in [-0.4, -0.2) is 63.6 Å². The van der Waals surface area contributed by atoms with Crippen LogP contribution in [-0.2, 0) is 38.1 Å². The Bertz CT molecular complexity index is 1060. The van der Waals surface area contributed by atoms with Crippen molar-refractivity contribution in [3.05, 3.63) is 58.6 Å². The monoisotopic (exact) mass is 529 g/mol. The summed E-state index contributed by atoms with van der Waals surface area (Å²) in [5.74, 6) is -1.41. The number of carbonyl (C=O) groups is 4.